The van der Waals surface area contributed by atoms with E-state index in [0.717, 1.165) is 24.1 Å². The molecule has 0 aromatic heterocycles. The van der Waals surface area contributed by atoms with Crippen LogP contribution in [0.5, 0.6) is 0 Å². The van der Waals surface area contributed by atoms with Gasteiger partial charge in [-0.2, -0.15) is 0 Å². The number of hydrogen-bond acceptors (Lipinski definition) is 2. The highest BCUT2D eigenvalue weighted by atomic mass is 35.5. The van der Waals surface area contributed by atoms with E-state index in [2.05, 4.69) is 5.32 Å². The van der Waals surface area contributed by atoms with Crippen molar-refractivity contribution in [2.75, 3.05) is 32.5 Å². The number of carbonyl (C=O) groups excluding carboxylic acids is 2. The lowest BCUT2D eigenvalue weighted by molar-refractivity contribution is -0.121. The van der Waals surface area contributed by atoms with Crippen molar-refractivity contribution in [3.63, 3.8) is 0 Å². The Kier molecular flexibility index (Phi) is 5.29. The molecule has 0 saturated carbocycles. The van der Waals surface area contributed by atoms with Crippen LogP contribution < -0.4 is 5.32 Å². The van der Waals surface area contributed by atoms with Crippen LogP contribution in [0.1, 0.15) is 18.4 Å². The third-order valence-corrected chi connectivity index (χ3v) is 4.14. The molecule has 5 nitrogen and oxygen atoms in total. The summed E-state index contributed by atoms with van der Waals surface area (Å²) in [5.41, 5.74) is 1.70. The summed E-state index contributed by atoms with van der Waals surface area (Å²) in [4.78, 5) is 27.8. The van der Waals surface area contributed by atoms with Gasteiger partial charge in [-0.05, 0) is 37.5 Å². The molecule has 1 heterocycles. The molecule has 6 heteroatoms. The van der Waals surface area contributed by atoms with Crippen molar-refractivity contribution in [3.05, 3.63) is 28.8 Å². The topological polar surface area (TPSA) is 52.7 Å². The Balaban J connectivity index is 2.03. The Hall–Kier alpha value is -1.75. The van der Waals surface area contributed by atoms with Gasteiger partial charge in [-0.1, -0.05) is 17.7 Å². The molecular weight excluding hydrogens is 302 g/mol. The number of nitrogens with one attached hydrogen (secondary N) is 1. The third kappa shape index (κ3) is 3.91. The molecule has 1 fully saturated rings. The maximum absolute atomic E-state index is 12.5. The van der Waals surface area contributed by atoms with Crippen molar-refractivity contribution in [1.82, 2.24) is 9.80 Å². The molecule has 3 amide bonds. The fraction of sp³-hybridized carbons (Fsp3) is 0.500. The van der Waals surface area contributed by atoms with E-state index in [9.17, 15) is 9.59 Å². The summed E-state index contributed by atoms with van der Waals surface area (Å²) < 4.78 is 0. The van der Waals surface area contributed by atoms with E-state index in [1.54, 1.807) is 36.0 Å². The fourth-order valence-corrected chi connectivity index (χ4v) is 2.78. The standard InChI is InChI=1S/C16H22ClN3O2/c1-11-6-7-13(17)9-14(11)18-15(21)12-5-4-8-20(10-12)16(22)19(2)3/h6-7,9,12H,4-5,8,10H2,1-3H3,(H,18,21)/t12-/m1/s1. The molecule has 2 rings (SSSR count). The van der Waals surface area contributed by atoms with Crippen molar-refractivity contribution in [3.8, 4) is 0 Å². The zero-order valence-electron chi connectivity index (χ0n) is 13.2. The smallest absolute Gasteiger partial charge is 0.319 e. The van der Waals surface area contributed by atoms with Gasteiger partial charge in [0.25, 0.3) is 0 Å². The van der Waals surface area contributed by atoms with Gasteiger partial charge in [0.15, 0.2) is 0 Å². The molecule has 0 spiro atoms. The van der Waals surface area contributed by atoms with E-state index in [0.29, 0.717) is 18.1 Å². The number of anilines is 1. The SMILES string of the molecule is Cc1ccc(Cl)cc1NC(=O)[C@@H]1CCCN(C(=O)N(C)C)C1. The van der Waals surface area contributed by atoms with E-state index < -0.39 is 0 Å². The highest BCUT2D eigenvalue weighted by Crippen LogP contribution is 2.23. The summed E-state index contributed by atoms with van der Waals surface area (Å²) in [7, 11) is 3.45. The lowest BCUT2D eigenvalue weighted by atomic mass is 9.97. The summed E-state index contributed by atoms with van der Waals surface area (Å²) in [5.74, 6) is -0.238. The van der Waals surface area contributed by atoms with E-state index in [4.69, 9.17) is 11.6 Å². The largest absolute Gasteiger partial charge is 0.331 e. The van der Waals surface area contributed by atoms with Crippen LogP contribution in [0.25, 0.3) is 0 Å². The highest BCUT2D eigenvalue weighted by Gasteiger charge is 2.29. The second-order valence-electron chi connectivity index (χ2n) is 5.91. The summed E-state index contributed by atoms with van der Waals surface area (Å²) in [5, 5.41) is 3.53. The van der Waals surface area contributed by atoms with Crippen LogP contribution in [-0.4, -0.2) is 48.9 Å². The fourth-order valence-electron chi connectivity index (χ4n) is 2.61. The van der Waals surface area contributed by atoms with Crippen molar-refractivity contribution < 1.29 is 9.59 Å². The molecule has 120 valence electrons. The van der Waals surface area contributed by atoms with Crippen LogP contribution >= 0.6 is 11.6 Å². The molecule has 1 aromatic carbocycles. The maximum Gasteiger partial charge on any atom is 0.319 e. The summed E-state index contributed by atoms with van der Waals surface area (Å²) in [6.07, 6.45) is 1.63. The average molecular weight is 324 g/mol. The van der Waals surface area contributed by atoms with Gasteiger partial charge in [-0.3, -0.25) is 4.79 Å². The molecule has 0 aliphatic carbocycles. The Morgan fingerprint density at radius 1 is 1.36 bits per heavy atom. The first-order valence-electron chi connectivity index (χ1n) is 7.41. The lowest BCUT2D eigenvalue weighted by Gasteiger charge is -2.33. The van der Waals surface area contributed by atoms with Crippen molar-refractivity contribution in [1.29, 1.82) is 0 Å². The number of aryl methyl sites for hydroxylation is 1. The van der Waals surface area contributed by atoms with Gasteiger partial charge in [0, 0.05) is 37.9 Å². The quantitative estimate of drug-likeness (QED) is 0.909. The minimum atomic E-state index is -0.184. The number of hydrogen-bond donors (Lipinski definition) is 1. The Labute approximate surface area is 136 Å². The van der Waals surface area contributed by atoms with E-state index in [1.807, 2.05) is 13.0 Å². The van der Waals surface area contributed by atoms with Gasteiger partial charge in [-0.25, -0.2) is 4.79 Å². The number of likely N-dealkylation sites (tertiary alicyclic amines) is 1. The molecule has 0 radical (unpaired) electrons. The molecule has 1 N–H and O–H groups in total. The van der Waals surface area contributed by atoms with Gasteiger partial charge >= 0.3 is 6.03 Å². The zero-order chi connectivity index (χ0) is 16.3. The van der Waals surface area contributed by atoms with E-state index >= 15 is 0 Å². The van der Waals surface area contributed by atoms with Crippen LogP contribution in [0.4, 0.5) is 10.5 Å². The van der Waals surface area contributed by atoms with Crippen LogP contribution in [0.2, 0.25) is 5.02 Å². The predicted octanol–water partition coefficient (Wildman–Crippen LogP) is 2.98. The van der Waals surface area contributed by atoms with Crippen LogP contribution in [0.15, 0.2) is 18.2 Å². The second-order valence-corrected chi connectivity index (χ2v) is 6.35. The summed E-state index contributed by atoms with van der Waals surface area (Å²) >= 11 is 5.98. The van der Waals surface area contributed by atoms with Gasteiger partial charge in [0.05, 0.1) is 5.92 Å². The first kappa shape index (κ1) is 16.6. The van der Waals surface area contributed by atoms with Crippen molar-refractivity contribution in [2.24, 2.45) is 5.92 Å². The first-order valence-corrected chi connectivity index (χ1v) is 7.79. The van der Waals surface area contributed by atoms with Crippen LogP contribution in [0.3, 0.4) is 0 Å². The van der Waals surface area contributed by atoms with Gasteiger partial charge in [0.2, 0.25) is 5.91 Å². The number of amides is 3. The molecule has 1 atom stereocenters. The molecule has 22 heavy (non-hydrogen) atoms. The summed E-state index contributed by atoms with van der Waals surface area (Å²) in [6, 6.07) is 5.38. The van der Waals surface area contributed by atoms with Crippen LogP contribution in [0, 0.1) is 12.8 Å². The Morgan fingerprint density at radius 3 is 2.77 bits per heavy atom. The van der Waals surface area contributed by atoms with E-state index in [1.165, 1.54) is 0 Å². The van der Waals surface area contributed by atoms with Gasteiger partial charge in [0.1, 0.15) is 0 Å². The molecule has 1 aliphatic rings. The number of urea groups is 1. The number of benzene rings is 1. The molecule has 0 bridgehead atoms. The number of halogens is 1. The van der Waals surface area contributed by atoms with Crippen molar-refractivity contribution in [2.45, 2.75) is 19.8 Å². The van der Waals surface area contributed by atoms with Gasteiger partial charge < -0.3 is 15.1 Å². The highest BCUT2D eigenvalue weighted by molar-refractivity contribution is 6.31. The Bertz CT molecular complexity index is 575. The molecular formula is C16H22ClN3O2. The zero-order valence-corrected chi connectivity index (χ0v) is 14.0. The molecule has 1 aromatic rings. The number of carbonyl (C=O) groups is 2. The lowest BCUT2D eigenvalue weighted by Crippen LogP contribution is -2.47. The average Bonchev–Trinajstić information content (AvgIpc) is 2.50. The normalized spacial score (nSPS) is 18.0. The number of rotatable bonds is 2. The minimum absolute atomic E-state index is 0.0450. The van der Waals surface area contributed by atoms with Gasteiger partial charge in [-0.15, -0.1) is 0 Å². The number of nitrogens with zero attached hydrogens (tertiary/aromatic N) is 2. The summed E-state index contributed by atoms with van der Waals surface area (Å²) in [6.45, 7) is 3.09. The first-order chi connectivity index (χ1) is 10.4. The van der Waals surface area contributed by atoms with E-state index in [-0.39, 0.29) is 17.9 Å². The minimum Gasteiger partial charge on any atom is -0.331 e. The monoisotopic (exact) mass is 323 g/mol. The van der Waals surface area contributed by atoms with Crippen LogP contribution in [-0.2, 0) is 4.79 Å². The maximum atomic E-state index is 12.5. The predicted molar refractivity (Wildman–Crippen MR) is 88.2 cm³/mol. The third-order valence-electron chi connectivity index (χ3n) is 3.90. The second kappa shape index (κ2) is 7.01. The Morgan fingerprint density at radius 2 is 2.09 bits per heavy atom. The molecule has 0 unspecified atom stereocenters. The molecule has 1 aliphatic heterocycles. The number of piperidine rings is 1. The van der Waals surface area contributed by atoms with Crippen molar-refractivity contribution >= 4 is 29.2 Å². The molecule has 1 saturated heterocycles.